The van der Waals surface area contributed by atoms with Gasteiger partial charge in [-0.25, -0.2) is 0 Å². The highest BCUT2D eigenvalue weighted by Crippen LogP contribution is 2.18. The van der Waals surface area contributed by atoms with Crippen LogP contribution in [-0.2, 0) is 22.7 Å². The number of Topliss-reactive ketones (excluding diaryl/α,β-unsaturated/α-hetero) is 1. The monoisotopic (exact) mass is 330 g/mol. The quantitative estimate of drug-likeness (QED) is 0.784. The Morgan fingerprint density at radius 1 is 0.917 bits per heavy atom. The molecular formula is C20H30N2O2. The number of allylic oxidation sites excluding steroid dienone is 1. The number of ketones is 1. The minimum Gasteiger partial charge on any atom is -0.379 e. The van der Waals surface area contributed by atoms with Gasteiger partial charge in [0.1, 0.15) is 0 Å². The molecule has 0 saturated carbocycles. The van der Waals surface area contributed by atoms with E-state index in [0.717, 1.165) is 11.1 Å². The van der Waals surface area contributed by atoms with E-state index in [4.69, 9.17) is 0 Å². The lowest BCUT2D eigenvalue weighted by Crippen LogP contribution is -2.34. The molecule has 0 heterocycles. The molecule has 0 saturated heterocycles. The standard InChI is InChI=1S/C20H30N2O2/c1-14(17(23)19(2,3)4)21-12-15-9-8-10-16(11-15)13-22-18(24)20(5,6)7/h8-11,21H,1,12-13H2,2-7H3,(H,22,24). The Bertz CT molecular complexity index is 619. The lowest BCUT2D eigenvalue weighted by Gasteiger charge is -2.19. The fourth-order valence-electron chi connectivity index (χ4n) is 2.04. The Labute approximate surface area is 145 Å². The number of nitrogens with one attached hydrogen (secondary N) is 2. The molecule has 0 aliphatic carbocycles. The van der Waals surface area contributed by atoms with Crippen LogP contribution in [0.25, 0.3) is 0 Å². The van der Waals surface area contributed by atoms with Gasteiger partial charge in [0.2, 0.25) is 5.91 Å². The normalized spacial score (nSPS) is 11.8. The Hall–Kier alpha value is -2.10. The summed E-state index contributed by atoms with van der Waals surface area (Å²) in [6.45, 7) is 16.1. The zero-order valence-corrected chi connectivity index (χ0v) is 15.7. The number of hydrogen-bond acceptors (Lipinski definition) is 3. The van der Waals surface area contributed by atoms with Crippen LogP contribution in [0, 0.1) is 10.8 Å². The molecule has 0 radical (unpaired) electrons. The molecule has 132 valence electrons. The summed E-state index contributed by atoms with van der Waals surface area (Å²) in [5, 5.41) is 6.03. The maximum absolute atomic E-state index is 12.1. The first-order chi connectivity index (χ1) is 10.9. The molecular weight excluding hydrogens is 300 g/mol. The van der Waals surface area contributed by atoms with E-state index in [1.165, 1.54) is 0 Å². The third-order valence-corrected chi connectivity index (χ3v) is 3.59. The second-order valence-electron chi connectivity index (χ2n) is 8.16. The molecule has 0 spiro atoms. The summed E-state index contributed by atoms with van der Waals surface area (Å²) >= 11 is 0. The lowest BCUT2D eigenvalue weighted by molar-refractivity contribution is -0.128. The van der Waals surface area contributed by atoms with Crippen LogP contribution in [0.15, 0.2) is 36.5 Å². The molecule has 0 aromatic heterocycles. The molecule has 24 heavy (non-hydrogen) atoms. The SMILES string of the molecule is C=C(NCc1cccc(CNC(=O)C(C)(C)C)c1)C(=O)C(C)(C)C. The van der Waals surface area contributed by atoms with Crippen molar-refractivity contribution in [3.63, 3.8) is 0 Å². The summed E-state index contributed by atoms with van der Waals surface area (Å²) in [5.74, 6) is 0.0336. The number of carbonyl (C=O) groups is 2. The molecule has 2 N–H and O–H groups in total. The van der Waals surface area contributed by atoms with E-state index in [9.17, 15) is 9.59 Å². The van der Waals surface area contributed by atoms with Gasteiger partial charge >= 0.3 is 0 Å². The molecule has 0 aliphatic rings. The minimum atomic E-state index is -0.441. The second kappa shape index (κ2) is 7.65. The number of rotatable bonds is 6. The first-order valence-corrected chi connectivity index (χ1v) is 8.25. The van der Waals surface area contributed by atoms with Crippen LogP contribution in [-0.4, -0.2) is 11.7 Å². The van der Waals surface area contributed by atoms with E-state index in [-0.39, 0.29) is 11.7 Å². The minimum absolute atomic E-state index is 0.0103. The van der Waals surface area contributed by atoms with Gasteiger partial charge in [0, 0.05) is 23.9 Å². The topological polar surface area (TPSA) is 58.2 Å². The van der Waals surface area contributed by atoms with Gasteiger partial charge in [0.15, 0.2) is 5.78 Å². The second-order valence-corrected chi connectivity index (χ2v) is 8.16. The highest BCUT2D eigenvalue weighted by molar-refractivity contribution is 5.98. The van der Waals surface area contributed by atoms with E-state index in [2.05, 4.69) is 17.2 Å². The van der Waals surface area contributed by atoms with Crippen molar-refractivity contribution in [2.75, 3.05) is 0 Å². The third kappa shape index (κ3) is 6.19. The Kier molecular flexibility index (Phi) is 6.35. The molecule has 0 aliphatic heterocycles. The average molecular weight is 330 g/mol. The molecule has 4 nitrogen and oxygen atoms in total. The summed E-state index contributed by atoms with van der Waals surface area (Å²) in [6.07, 6.45) is 0. The number of benzene rings is 1. The van der Waals surface area contributed by atoms with Crippen LogP contribution < -0.4 is 10.6 Å². The first kappa shape index (κ1) is 19.9. The molecule has 1 rings (SSSR count). The smallest absolute Gasteiger partial charge is 0.225 e. The van der Waals surface area contributed by atoms with Crippen molar-refractivity contribution in [1.82, 2.24) is 10.6 Å². The molecule has 4 heteroatoms. The van der Waals surface area contributed by atoms with E-state index < -0.39 is 10.8 Å². The van der Waals surface area contributed by atoms with E-state index >= 15 is 0 Å². The maximum atomic E-state index is 12.1. The molecule has 0 atom stereocenters. The van der Waals surface area contributed by atoms with Crippen molar-refractivity contribution in [3.05, 3.63) is 47.7 Å². The van der Waals surface area contributed by atoms with Gasteiger partial charge in [-0.15, -0.1) is 0 Å². The van der Waals surface area contributed by atoms with Crippen LogP contribution in [0.2, 0.25) is 0 Å². The van der Waals surface area contributed by atoms with Crippen LogP contribution in [0.5, 0.6) is 0 Å². The summed E-state index contributed by atoms with van der Waals surface area (Å²) in [4.78, 5) is 24.0. The molecule has 1 amide bonds. The number of hydrogen-bond donors (Lipinski definition) is 2. The van der Waals surface area contributed by atoms with Gasteiger partial charge < -0.3 is 10.6 Å². The maximum Gasteiger partial charge on any atom is 0.225 e. The molecule has 0 bridgehead atoms. The van der Waals surface area contributed by atoms with Crippen molar-refractivity contribution in [3.8, 4) is 0 Å². The van der Waals surface area contributed by atoms with Crippen molar-refractivity contribution >= 4 is 11.7 Å². The highest BCUT2D eigenvalue weighted by atomic mass is 16.2. The lowest BCUT2D eigenvalue weighted by atomic mass is 9.89. The van der Waals surface area contributed by atoms with Gasteiger partial charge in [-0.05, 0) is 11.1 Å². The Morgan fingerprint density at radius 3 is 1.88 bits per heavy atom. The van der Waals surface area contributed by atoms with E-state index in [1.54, 1.807) is 0 Å². The Morgan fingerprint density at radius 2 is 1.42 bits per heavy atom. The van der Waals surface area contributed by atoms with Crippen molar-refractivity contribution in [2.45, 2.75) is 54.6 Å². The summed E-state index contributed by atoms with van der Waals surface area (Å²) in [6, 6.07) is 7.92. The number of carbonyl (C=O) groups excluding carboxylic acids is 2. The molecule has 0 fully saturated rings. The summed E-state index contributed by atoms with van der Waals surface area (Å²) < 4.78 is 0. The predicted octanol–water partition coefficient (Wildman–Crippen LogP) is 3.57. The largest absolute Gasteiger partial charge is 0.379 e. The molecule has 1 aromatic carbocycles. The van der Waals surface area contributed by atoms with Crippen LogP contribution in [0.1, 0.15) is 52.7 Å². The predicted molar refractivity (Wildman–Crippen MR) is 98.2 cm³/mol. The van der Waals surface area contributed by atoms with Crippen molar-refractivity contribution in [2.24, 2.45) is 10.8 Å². The van der Waals surface area contributed by atoms with Gasteiger partial charge in [-0.2, -0.15) is 0 Å². The molecule has 1 aromatic rings. The zero-order valence-electron chi connectivity index (χ0n) is 15.7. The van der Waals surface area contributed by atoms with Crippen molar-refractivity contribution in [1.29, 1.82) is 0 Å². The Balaban J connectivity index is 2.62. The summed E-state index contributed by atoms with van der Waals surface area (Å²) in [7, 11) is 0. The first-order valence-electron chi connectivity index (χ1n) is 8.25. The fourth-order valence-corrected chi connectivity index (χ4v) is 2.04. The zero-order chi connectivity index (χ0) is 18.5. The molecule has 0 unspecified atom stereocenters. The fraction of sp³-hybridized carbons (Fsp3) is 0.500. The van der Waals surface area contributed by atoms with Gasteiger partial charge in [0.25, 0.3) is 0 Å². The summed E-state index contributed by atoms with van der Waals surface area (Å²) in [5.41, 5.74) is 1.65. The third-order valence-electron chi connectivity index (χ3n) is 3.59. The van der Waals surface area contributed by atoms with E-state index in [0.29, 0.717) is 18.8 Å². The van der Waals surface area contributed by atoms with E-state index in [1.807, 2.05) is 65.8 Å². The van der Waals surface area contributed by atoms with Crippen molar-refractivity contribution < 1.29 is 9.59 Å². The van der Waals surface area contributed by atoms with Gasteiger partial charge in [-0.1, -0.05) is 72.4 Å². The number of amides is 1. The van der Waals surface area contributed by atoms with Gasteiger partial charge in [-0.3, -0.25) is 9.59 Å². The van der Waals surface area contributed by atoms with Gasteiger partial charge in [0.05, 0.1) is 5.70 Å². The van der Waals surface area contributed by atoms with Crippen LogP contribution >= 0.6 is 0 Å². The van der Waals surface area contributed by atoms with Crippen LogP contribution in [0.3, 0.4) is 0 Å². The average Bonchev–Trinajstić information content (AvgIpc) is 2.48. The highest BCUT2D eigenvalue weighted by Gasteiger charge is 2.23. The van der Waals surface area contributed by atoms with Crippen LogP contribution in [0.4, 0.5) is 0 Å².